The molecule has 0 aliphatic heterocycles. The first-order chi connectivity index (χ1) is 7.71. The van der Waals surface area contributed by atoms with Crippen molar-refractivity contribution >= 4 is 15.9 Å². The Balaban J connectivity index is 2.88. The predicted molar refractivity (Wildman–Crippen MR) is 64.0 cm³/mol. The lowest BCUT2D eigenvalue weighted by atomic mass is 10.2. The number of carbonyl (C=O) groups is 1. The van der Waals surface area contributed by atoms with E-state index in [0.717, 1.165) is 0 Å². The number of amides is 1. The van der Waals surface area contributed by atoms with Crippen molar-refractivity contribution in [3.8, 4) is 0 Å². The molecule has 0 aromatic carbocycles. The minimum atomic E-state index is -3.77. The molecule has 1 amide bonds. The maximum absolute atomic E-state index is 11.9. The summed E-state index contributed by atoms with van der Waals surface area (Å²) >= 11 is 0. The lowest BCUT2D eigenvalue weighted by Crippen LogP contribution is -2.30. The van der Waals surface area contributed by atoms with Crippen molar-refractivity contribution in [2.24, 2.45) is 11.1 Å². The number of hydrogen-bond acceptors (Lipinski definition) is 3. The number of nitrogens with zero attached hydrogens (tertiary/aromatic N) is 1. The number of hydrogen-bond donors (Lipinski definition) is 2. The molecule has 0 aliphatic carbocycles. The molecule has 0 saturated heterocycles. The maximum atomic E-state index is 11.9. The van der Waals surface area contributed by atoms with Gasteiger partial charge in [0, 0.05) is 19.8 Å². The smallest absolute Gasteiger partial charge is 0.270 e. The predicted octanol–water partition coefficient (Wildman–Crippen LogP) is 0.390. The van der Waals surface area contributed by atoms with Gasteiger partial charge >= 0.3 is 0 Å². The van der Waals surface area contributed by atoms with Crippen molar-refractivity contribution < 1.29 is 13.2 Å². The minimum absolute atomic E-state index is 0.0844. The Morgan fingerprint density at radius 3 is 2.53 bits per heavy atom. The van der Waals surface area contributed by atoms with E-state index in [0.29, 0.717) is 12.5 Å². The molecular weight excluding hydrogens is 242 g/mol. The highest BCUT2D eigenvalue weighted by molar-refractivity contribution is 7.89. The van der Waals surface area contributed by atoms with E-state index in [2.05, 4.69) is 4.98 Å². The van der Waals surface area contributed by atoms with Crippen molar-refractivity contribution in [1.29, 1.82) is 0 Å². The van der Waals surface area contributed by atoms with Crippen molar-refractivity contribution in [2.75, 3.05) is 13.6 Å². The summed E-state index contributed by atoms with van der Waals surface area (Å²) in [6.07, 6.45) is 1.21. The van der Waals surface area contributed by atoms with E-state index in [1.165, 1.54) is 17.2 Å². The molecule has 0 spiro atoms. The number of carbonyl (C=O) groups excluding carboxylic acids is 1. The Morgan fingerprint density at radius 2 is 2.12 bits per heavy atom. The molecule has 0 aliphatic rings. The van der Waals surface area contributed by atoms with Crippen LogP contribution in [0, 0.1) is 5.92 Å². The molecule has 0 bridgehead atoms. The van der Waals surface area contributed by atoms with Crippen molar-refractivity contribution in [3.05, 3.63) is 18.0 Å². The highest BCUT2D eigenvalue weighted by Gasteiger charge is 2.17. The van der Waals surface area contributed by atoms with E-state index >= 15 is 0 Å². The molecule has 96 valence electrons. The van der Waals surface area contributed by atoms with Crippen molar-refractivity contribution in [3.63, 3.8) is 0 Å². The second-order valence-corrected chi connectivity index (χ2v) is 5.94. The summed E-state index contributed by atoms with van der Waals surface area (Å²) in [5.41, 5.74) is 0.220. The summed E-state index contributed by atoms with van der Waals surface area (Å²) in [5, 5.41) is 4.95. The molecule has 7 heteroatoms. The van der Waals surface area contributed by atoms with Crippen LogP contribution in [0.1, 0.15) is 24.3 Å². The Bertz CT molecular complexity index is 505. The number of aromatic amines is 1. The topological polar surface area (TPSA) is 96.3 Å². The third-order valence-corrected chi connectivity index (χ3v) is 3.09. The van der Waals surface area contributed by atoms with E-state index < -0.39 is 10.0 Å². The molecule has 0 radical (unpaired) electrons. The molecule has 1 rings (SSSR count). The summed E-state index contributed by atoms with van der Waals surface area (Å²) in [5.74, 6) is 0.0882. The largest absolute Gasteiger partial charge is 0.356 e. The molecule has 6 nitrogen and oxygen atoms in total. The molecule has 1 aromatic rings. The van der Waals surface area contributed by atoms with Crippen LogP contribution in [0.2, 0.25) is 0 Å². The monoisotopic (exact) mass is 259 g/mol. The first-order valence-corrected chi connectivity index (χ1v) is 6.73. The molecule has 1 heterocycles. The zero-order valence-corrected chi connectivity index (χ0v) is 10.9. The summed E-state index contributed by atoms with van der Waals surface area (Å²) in [6, 6.07) is 1.24. The van der Waals surface area contributed by atoms with Crippen molar-refractivity contribution in [1.82, 2.24) is 9.88 Å². The second kappa shape index (κ2) is 4.89. The molecule has 3 N–H and O–H groups in total. The Kier molecular flexibility index (Phi) is 3.94. The highest BCUT2D eigenvalue weighted by atomic mass is 32.2. The minimum Gasteiger partial charge on any atom is -0.356 e. The van der Waals surface area contributed by atoms with Gasteiger partial charge in [0.25, 0.3) is 5.91 Å². The molecule has 0 unspecified atom stereocenters. The summed E-state index contributed by atoms with van der Waals surface area (Å²) in [7, 11) is -2.10. The van der Waals surface area contributed by atoms with Gasteiger partial charge in [-0.25, -0.2) is 13.6 Å². The molecule has 1 aromatic heterocycles. The van der Waals surface area contributed by atoms with Crippen LogP contribution >= 0.6 is 0 Å². The van der Waals surface area contributed by atoms with Gasteiger partial charge in [0.2, 0.25) is 10.0 Å². The van der Waals surface area contributed by atoms with Crippen LogP contribution in [0.15, 0.2) is 17.2 Å². The van der Waals surface area contributed by atoms with Gasteiger partial charge in [0.05, 0.1) is 4.90 Å². The van der Waals surface area contributed by atoms with E-state index in [1.807, 2.05) is 13.8 Å². The number of primary sulfonamides is 1. The fourth-order valence-electron chi connectivity index (χ4n) is 1.50. The molecule has 0 atom stereocenters. The quantitative estimate of drug-likeness (QED) is 0.818. The van der Waals surface area contributed by atoms with Crippen LogP contribution in [-0.2, 0) is 10.0 Å². The molecular formula is C10H17N3O3S. The zero-order chi connectivity index (χ0) is 13.2. The fraction of sp³-hybridized carbons (Fsp3) is 0.500. The van der Waals surface area contributed by atoms with Gasteiger partial charge in [-0.2, -0.15) is 0 Å². The van der Waals surface area contributed by atoms with Crippen LogP contribution in [0.3, 0.4) is 0 Å². The number of rotatable bonds is 4. The number of nitrogens with two attached hydrogens (primary N) is 1. The standard InChI is InChI=1S/C10H17N3O3S/c1-7(2)6-13(3)10(14)9-4-8(5-12-9)17(11,15)16/h4-5,7,12H,6H2,1-3H3,(H2,11,15,16). The fourth-order valence-corrected chi connectivity index (χ4v) is 2.00. The molecule has 17 heavy (non-hydrogen) atoms. The average molecular weight is 259 g/mol. The Labute approximate surface area is 101 Å². The number of nitrogens with one attached hydrogen (secondary N) is 1. The van der Waals surface area contributed by atoms with Gasteiger partial charge < -0.3 is 9.88 Å². The normalized spacial score (nSPS) is 11.8. The van der Waals surface area contributed by atoms with Crippen LogP contribution < -0.4 is 5.14 Å². The van der Waals surface area contributed by atoms with Gasteiger partial charge in [0.15, 0.2) is 0 Å². The van der Waals surface area contributed by atoms with Crippen LogP contribution in [0.4, 0.5) is 0 Å². The van der Waals surface area contributed by atoms with E-state index in [9.17, 15) is 13.2 Å². The number of sulfonamides is 1. The van der Waals surface area contributed by atoms with Gasteiger partial charge in [-0.15, -0.1) is 0 Å². The third kappa shape index (κ3) is 3.57. The Hall–Kier alpha value is -1.34. The average Bonchev–Trinajstić information content (AvgIpc) is 2.63. The summed E-state index contributed by atoms with van der Waals surface area (Å²) in [6.45, 7) is 4.59. The van der Waals surface area contributed by atoms with Crippen LogP contribution in [-0.4, -0.2) is 37.8 Å². The molecule has 0 saturated carbocycles. The second-order valence-electron chi connectivity index (χ2n) is 4.37. The lowest BCUT2D eigenvalue weighted by Gasteiger charge is -2.18. The zero-order valence-electron chi connectivity index (χ0n) is 10.1. The van der Waals surface area contributed by atoms with E-state index in [-0.39, 0.29) is 16.5 Å². The van der Waals surface area contributed by atoms with E-state index in [1.54, 1.807) is 7.05 Å². The number of H-pyrrole nitrogens is 1. The number of aromatic nitrogens is 1. The first-order valence-electron chi connectivity index (χ1n) is 5.18. The Morgan fingerprint density at radius 1 is 1.53 bits per heavy atom. The van der Waals surface area contributed by atoms with Crippen molar-refractivity contribution in [2.45, 2.75) is 18.7 Å². The van der Waals surface area contributed by atoms with Gasteiger partial charge in [0.1, 0.15) is 5.69 Å². The van der Waals surface area contributed by atoms with Crippen LogP contribution in [0.25, 0.3) is 0 Å². The highest BCUT2D eigenvalue weighted by Crippen LogP contribution is 2.11. The van der Waals surface area contributed by atoms with E-state index in [4.69, 9.17) is 5.14 Å². The molecule has 0 fully saturated rings. The van der Waals surface area contributed by atoms with Gasteiger partial charge in [-0.3, -0.25) is 4.79 Å². The first kappa shape index (κ1) is 13.7. The maximum Gasteiger partial charge on any atom is 0.270 e. The van der Waals surface area contributed by atoms with Gasteiger partial charge in [-0.1, -0.05) is 13.8 Å². The van der Waals surface area contributed by atoms with Gasteiger partial charge in [-0.05, 0) is 12.0 Å². The third-order valence-electron chi connectivity index (χ3n) is 2.20. The summed E-state index contributed by atoms with van der Waals surface area (Å²) in [4.78, 5) is 15.9. The lowest BCUT2D eigenvalue weighted by molar-refractivity contribution is 0.0774. The summed E-state index contributed by atoms with van der Waals surface area (Å²) < 4.78 is 22.1. The van der Waals surface area contributed by atoms with Crippen LogP contribution in [0.5, 0.6) is 0 Å². The SMILES string of the molecule is CC(C)CN(C)C(=O)c1cc(S(N)(=O)=O)c[nH]1.